The average Bonchev–Trinajstić information content (AvgIpc) is 2.31. The summed E-state index contributed by atoms with van der Waals surface area (Å²) in [4.78, 5) is 8.97. The van der Waals surface area contributed by atoms with E-state index in [2.05, 4.69) is 22.2 Å². The smallest absolute Gasteiger partial charge is 0.188 e. The zero-order chi connectivity index (χ0) is 12.8. The summed E-state index contributed by atoms with van der Waals surface area (Å²) in [5, 5.41) is 4.06. The first-order valence-electron chi connectivity index (χ1n) is 5.69. The molecule has 1 aromatic rings. The Bertz CT molecular complexity index is 348. The Morgan fingerprint density at radius 3 is 2.29 bits per heavy atom. The number of ether oxygens (including phenoxy) is 1. The molecular formula is C12H21N3OS. The Balaban J connectivity index is 2.63. The Hall–Kier alpha value is -0.650. The second kappa shape index (κ2) is 6.93. The van der Waals surface area contributed by atoms with Crippen LogP contribution in [-0.4, -0.2) is 42.5 Å². The number of methoxy groups -OCH3 is 1. The van der Waals surface area contributed by atoms with Crippen molar-refractivity contribution in [1.82, 2.24) is 15.3 Å². The van der Waals surface area contributed by atoms with E-state index in [9.17, 15) is 0 Å². The molecule has 0 bridgehead atoms. The molecule has 0 aromatic carbocycles. The number of likely N-dealkylation sites (N-methyl/N-ethyl adjacent to an activating group) is 1. The van der Waals surface area contributed by atoms with E-state index >= 15 is 0 Å². The van der Waals surface area contributed by atoms with E-state index in [0.29, 0.717) is 12.6 Å². The van der Waals surface area contributed by atoms with Crippen molar-refractivity contribution >= 4 is 11.8 Å². The van der Waals surface area contributed by atoms with Crippen LogP contribution in [0.15, 0.2) is 5.16 Å². The van der Waals surface area contributed by atoms with Crippen LogP contribution < -0.4 is 5.32 Å². The molecule has 1 unspecified atom stereocenters. The van der Waals surface area contributed by atoms with Crippen molar-refractivity contribution in [3.05, 3.63) is 17.0 Å². The quantitative estimate of drug-likeness (QED) is 0.619. The summed E-state index contributed by atoms with van der Waals surface area (Å²) in [6.07, 6.45) is 0. The van der Waals surface area contributed by atoms with E-state index in [1.165, 1.54) is 5.56 Å². The normalized spacial score (nSPS) is 12.8. The predicted molar refractivity (Wildman–Crippen MR) is 71.7 cm³/mol. The van der Waals surface area contributed by atoms with E-state index < -0.39 is 0 Å². The molecule has 0 fully saturated rings. The number of nitrogens with zero attached hydrogens (tertiary/aromatic N) is 2. The third kappa shape index (κ3) is 4.26. The molecule has 0 aliphatic carbocycles. The van der Waals surface area contributed by atoms with E-state index in [1.807, 2.05) is 20.9 Å². The van der Waals surface area contributed by atoms with Gasteiger partial charge in [0.05, 0.1) is 6.61 Å². The van der Waals surface area contributed by atoms with Crippen molar-refractivity contribution in [2.45, 2.75) is 32.0 Å². The van der Waals surface area contributed by atoms with Crippen LogP contribution in [0.5, 0.6) is 0 Å². The van der Waals surface area contributed by atoms with E-state index in [-0.39, 0.29) is 0 Å². The lowest BCUT2D eigenvalue weighted by atomic mass is 10.2. The maximum atomic E-state index is 5.13. The van der Waals surface area contributed by atoms with Crippen LogP contribution in [0.4, 0.5) is 0 Å². The van der Waals surface area contributed by atoms with Gasteiger partial charge >= 0.3 is 0 Å². The van der Waals surface area contributed by atoms with E-state index in [4.69, 9.17) is 4.74 Å². The van der Waals surface area contributed by atoms with Crippen LogP contribution in [0.2, 0.25) is 0 Å². The molecule has 5 heteroatoms. The maximum absolute atomic E-state index is 5.13. The highest BCUT2D eigenvalue weighted by atomic mass is 32.2. The maximum Gasteiger partial charge on any atom is 0.188 e. The molecule has 1 rings (SSSR count). The largest absolute Gasteiger partial charge is 0.383 e. The fraction of sp³-hybridized carbons (Fsp3) is 0.667. The second-order valence-corrected chi connectivity index (χ2v) is 5.04. The van der Waals surface area contributed by atoms with E-state index in [1.54, 1.807) is 18.9 Å². The summed E-state index contributed by atoms with van der Waals surface area (Å²) in [6, 6.07) is 0.329. The molecule has 0 aliphatic heterocycles. The van der Waals surface area contributed by atoms with E-state index in [0.717, 1.165) is 22.3 Å². The summed E-state index contributed by atoms with van der Waals surface area (Å²) < 4.78 is 5.13. The number of nitrogens with one attached hydrogen (secondary N) is 1. The summed E-state index contributed by atoms with van der Waals surface area (Å²) in [5.74, 6) is 0.909. The molecule has 0 aliphatic rings. The van der Waals surface area contributed by atoms with Gasteiger partial charge in [-0.15, -0.1) is 0 Å². The van der Waals surface area contributed by atoms with Crippen molar-refractivity contribution in [3.8, 4) is 0 Å². The SMILES string of the molecule is CNC(COC)CSc1nc(C)c(C)c(C)n1. The summed E-state index contributed by atoms with van der Waals surface area (Å²) >= 11 is 1.67. The molecule has 17 heavy (non-hydrogen) atoms. The first-order chi connectivity index (χ1) is 8.08. The van der Waals surface area contributed by atoms with Gasteiger partial charge in [0.25, 0.3) is 0 Å². The fourth-order valence-electron chi connectivity index (χ4n) is 1.40. The van der Waals surface area contributed by atoms with Crippen molar-refractivity contribution in [3.63, 3.8) is 0 Å². The van der Waals surface area contributed by atoms with Gasteiger partial charge < -0.3 is 10.1 Å². The molecule has 0 amide bonds. The molecule has 1 atom stereocenters. The first kappa shape index (κ1) is 14.4. The van der Waals surface area contributed by atoms with Crippen molar-refractivity contribution in [2.24, 2.45) is 0 Å². The van der Waals surface area contributed by atoms with Crippen molar-refractivity contribution in [1.29, 1.82) is 0 Å². The number of hydrogen-bond acceptors (Lipinski definition) is 5. The standard InChI is InChI=1S/C12H21N3OS/c1-8-9(2)14-12(15-10(8)3)17-7-11(13-4)6-16-5/h11,13H,6-7H2,1-5H3. The van der Waals surface area contributed by atoms with Gasteiger partial charge in [-0.3, -0.25) is 0 Å². The molecule has 1 aromatic heterocycles. The monoisotopic (exact) mass is 255 g/mol. The van der Waals surface area contributed by atoms with Gasteiger partial charge in [0.1, 0.15) is 0 Å². The fourth-order valence-corrected chi connectivity index (χ4v) is 2.41. The minimum absolute atomic E-state index is 0.329. The topological polar surface area (TPSA) is 47.0 Å². The van der Waals surface area contributed by atoms with Crippen LogP contribution in [0.3, 0.4) is 0 Å². The Kier molecular flexibility index (Phi) is 5.88. The van der Waals surface area contributed by atoms with Crippen LogP contribution in [-0.2, 0) is 4.74 Å². The lowest BCUT2D eigenvalue weighted by molar-refractivity contribution is 0.177. The number of thioether (sulfide) groups is 1. The van der Waals surface area contributed by atoms with Crippen LogP contribution in [0.1, 0.15) is 17.0 Å². The minimum atomic E-state index is 0.329. The van der Waals surface area contributed by atoms with Crippen molar-refractivity contribution in [2.75, 3.05) is 26.5 Å². The lowest BCUT2D eigenvalue weighted by Gasteiger charge is -2.14. The highest BCUT2D eigenvalue weighted by Gasteiger charge is 2.09. The van der Waals surface area contributed by atoms with Gasteiger partial charge in [0, 0.05) is 30.3 Å². The molecule has 1 N–H and O–H groups in total. The molecule has 4 nitrogen and oxygen atoms in total. The Labute approximate surface area is 108 Å². The summed E-state index contributed by atoms with van der Waals surface area (Å²) in [7, 11) is 3.66. The number of hydrogen-bond donors (Lipinski definition) is 1. The molecule has 0 saturated heterocycles. The molecule has 0 spiro atoms. The number of aryl methyl sites for hydroxylation is 2. The molecule has 1 heterocycles. The van der Waals surface area contributed by atoms with Gasteiger partial charge in [0.2, 0.25) is 0 Å². The molecule has 0 saturated carbocycles. The number of aromatic nitrogens is 2. The Morgan fingerprint density at radius 1 is 1.24 bits per heavy atom. The van der Waals surface area contributed by atoms with Gasteiger partial charge in [0.15, 0.2) is 5.16 Å². The lowest BCUT2D eigenvalue weighted by Crippen LogP contribution is -2.32. The van der Waals surface area contributed by atoms with Gasteiger partial charge in [-0.05, 0) is 33.4 Å². The van der Waals surface area contributed by atoms with Crippen LogP contribution in [0, 0.1) is 20.8 Å². The van der Waals surface area contributed by atoms with Gasteiger partial charge in [-0.2, -0.15) is 0 Å². The Morgan fingerprint density at radius 2 is 1.82 bits per heavy atom. The molecule has 96 valence electrons. The highest BCUT2D eigenvalue weighted by molar-refractivity contribution is 7.99. The summed E-state index contributed by atoms with van der Waals surface area (Å²) in [6.45, 7) is 6.81. The third-order valence-electron chi connectivity index (χ3n) is 2.80. The zero-order valence-corrected chi connectivity index (χ0v) is 12.0. The highest BCUT2D eigenvalue weighted by Crippen LogP contribution is 2.17. The average molecular weight is 255 g/mol. The molecular weight excluding hydrogens is 234 g/mol. The molecule has 0 radical (unpaired) electrons. The predicted octanol–water partition coefficient (Wildman–Crippen LogP) is 1.73. The zero-order valence-electron chi connectivity index (χ0n) is 11.2. The van der Waals surface area contributed by atoms with Crippen LogP contribution >= 0.6 is 11.8 Å². The van der Waals surface area contributed by atoms with Crippen molar-refractivity contribution < 1.29 is 4.74 Å². The van der Waals surface area contributed by atoms with Gasteiger partial charge in [-0.1, -0.05) is 11.8 Å². The third-order valence-corrected chi connectivity index (χ3v) is 3.81. The first-order valence-corrected chi connectivity index (χ1v) is 6.67. The van der Waals surface area contributed by atoms with Crippen LogP contribution in [0.25, 0.3) is 0 Å². The van der Waals surface area contributed by atoms with Gasteiger partial charge in [-0.25, -0.2) is 9.97 Å². The number of rotatable bonds is 6. The second-order valence-electron chi connectivity index (χ2n) is 4.05. The summed E-state index contributed by atoms with van der Waals surface area (Å²) in [5.41, 5.74) is 3.30. The minimum Gasteiger partial charge on any atom is -0.383 e.